The van der Waals surface area contributed by atoms with E-state index in [0.29, 0.717) is 38.6 Å². The number of H-pyrrole nitrogens is 1. The first-order valence-electron chi connectivity index (χ1n) is 10.4. The molecule has 4 aromatic heterocycles. The normalized spacial score (nSPS) is 11.5. The molecule has 0 saturated carbocycles. The van der Waals surface area contributed by atoms with Crippen LogP contribution in [0, 0.1) is 12.7 Å². The van der Waals surface area contributed by atoms with Crippen molar-refractivity contribution in [3.05, 3.63) is 77.8 Å². The number of benzene rings is 2. The largest absolute Gasteiger partial charge is 0.381 e. The zero-order valence-corrected chi connectivity index (χ0v) is 18.5. The van der Waals surface area contributed by atoms with Gasteiger partial charge in [0.05, 0.1) is 21.7 Å². The van der Waals surface area contributed by atoms with Crippen LogP contribution in [0.3, 0.4) is 0 Å². The van der Waals surface area contributed by atoms with E-state index in [0.717, 1.165) is 22.4 Å². The van der Waals surface area contributed by atoms with Crippen molar-refractivity contribution in [2.45, 2.75) is 6.92 Å². The van der Waals surface area contributed by atoms with Crippen LogP contribution in [0.2, 0.25) is 5.02 Å². The lowest BCUT2D eigenvalue weighted by Crippen LogP contribution is -2.00. The Morgan fingerprint density at radius 2 is 1.88 bits per heavy atom. The molecule has 0 unspecified atom stereocenters. The first-order valence-corrected chi connectivity index (χ1v) is 10.7. The first kappa shape index (κ1) is 20.3. The van der Waals surface area contributed by atoms with E-state index in [1.54, 1.807) is 18.3 Å². The molecule has 34 heavy (non-hydrogen) atoms. The van der Waals surface area contributed by atoms with Crippen LogP contribution in [0.4, 0.5) is 10.2 Å². The fraction of sp³-hybridized carbons (Fsp3) is 0.0417. The molecule has 2 aromatic carbocycles. The van der Waals surface area contributed by atoms with Crippen LogP contribution in [0.25, 0.3) is 50.1 Å². The van der Waals surface area contributed by atoms with Crippen LogP contribution < -0.4 is 5.73 Å². The van der Waals surface area contributed by atoms with Gasteiger partial charge in [0.2, 0.25) is 0 Å². The van der Waals surface area contributed by atoms with Gasteiger partial charge in [-0.3, -0.25) is 9.55 Å². The lowest BCUT2D eigenvalue weighted by atomic mass is 10.0. The number of hydrogen-bond donors (Lipinski definition) is 2. The molecule has 0 atom stereocenters. The molecule has 0 saturated heterocycles. The minimum absolute atomic E-state index is 0.168. The number of fused-ring (bicyclic) bond motifs is 2. The third-order valence-electron chi connectivity index (χ3n) is 5.77. The number of pyridine rings is 2. The number of nitrogens with one attached hydrogen (secondary N) is 1. The quantitative estimate of drug-likeness (QED) is 0.372. The SMILES string of the molecule is Cc1nc2c(-c3nnc[nH]3)cc(-c3ccnc(N)c3F)cc2n1-c1ccnc2c(Cl)cccc12. The smallest absolute Gasteiger partial charge is 0.173 e. The number of rotatable bonds is 3. The number of hydrogen-bond acceptors (Lipinski definition) is 6. The molecule has 8 nitrogen and oxygen atoms in total. The van der Waals surface area contributed by atoms with Gasteiger partial charge in [0.1, 0.15) is 17.7 Å². The Morgan fingerprint density at radius 1 is 1.03 bits per heavy atom. The van der Waals surface area contributed by atoms with Gasteiger partial charge in [-0.2, -0.15) is 0 Å². The highest BCUT2D eigenvalue weighted by Crippen LogP contribution is 2.37. The summed E-state index contributed by atoms with van der Waals surface area (Å²) in [4.78, 5) is 16.2. The van der Waals surface area contributed by atoms with E-state index in [1.165, 1.54) is 12.5 Å². The molecule has 0 spiro atoms. The maximum absolute atomic E-state index is 15.0. The fourth-order valence-electron chi connectivity index (χ4n) is 4.27. The second-order valence-corrected chi connectivity index (χ2v) is 8.15. The van der Waals surface area contributed by atoms with Gasteiger partial charge in [-0.1, -0.05) is 23.7 Å². The minimum Gasteiger partial charge on any atom is -0.381 e. The van der Waals surface area contributed by atoms with Crippen molar-refractivity contribution in [3.8, 4) is 28.2 Å². The number of aryl methyl sites for hydroxylation is 1. The molecule has 0 aliphatic heterocycles. The molecule has 6 rings (SSSR count). The highest BCUT2D eigenvalue weighted by molar-refractivity contribution is 6.35. The van der Waals surface area contributed by atoms with E-state index in [1.807, 2.05) is 41.8 Å². The Balaban J connectivity index is 1.73. The fourth-order valence-corrected chi connectivity index (χ4v) is 4.50. The third-order valence-corrected chi connectivity index (χ3v) is 6.07. The number of nitrogens with two attached hydrogens (primary N) is 1. The second kappa shape index (κ2) is 7.60. The van der Waals surface area contributed by atoms with Crippen molar-refractivity contribution in [1.29, 1.82) is 0 Å². The van der Waals surface area contributed by atoms with E-state index in [-0.39, 0.29) is 5.82 Å². The average molecular weight is 471 g/mol. The van der Waals surface area contributed by atoms with Crippen LogP contribution in [0.1, 0.15) is 5.82 Å². The minimum atomic E-state index is -0.589. The van der Waals surface area contributed by atoms with Crippen LogP contribution in [-0.2, 0) is 0 Å². The Hall–Kier alpha value is -4.37. The number of nitrogen functional groups attached to an aromatic ring is 1. The van der Waals surface area contributed by atoms with E-state index < -0.39 is 5.82 Å². The number of anilines is 1. The second-order valence-electron chi connectivity index (χ2n) is 7.75. The molecule has 3 N–H and O–H groups in total. The highest BCUT2D eigenvalue weighted by Gasteiger charge is 2.20. The predicted octanol–water partition coefficient (Wildman–Crippen LogP) is 5.10. The molecule has 4 heterocycles. The predicted molar refractivity (Wildman–Crippen MR) is 129 cm³/mol. The highest BCUT2D eigenvalue weighted by atomic mass is 35.5. The molecule has 0 aliphatic carbocycles. The van der Waals surface area contributed by atoms with Gasteiger partial charge >= 0.3 is 0 Å². The summed E-state index contributed by atoms with van der Waals surface area (Å²) in [5.41, 5.74) is 10.3. The molecule has 6 aromatic rings. The van der Waals surface area contributed by atoms with Gasteiger partial charge in [-0.05, 0) is 42.8 Å². The zero-order valence-electron chi connectivity index (χ0n) is 17.8. The molecule has 166 valence electrons. The van der Waals surface area contributed by atoms with Gasteiger partial charge in [0.25, 0.3) is 0 Å². The Bertz CT molecular complexity index is 1710. The van der Waals surface area contributed by atoms with E-state index >= 15 is 0 Å². The van der Waals surface area contributed by atoms with Crippen LogP contribution in [-0.4, -0.2) is 34.7 Å². The van der Waals surface area contributed by atoms with E-state index in [4.69, 9.17) is 22.3 Å². The van der Waals surface area contributed by atoms with Crippen LogP contribution >= 0.6 is 11.6 Å². The molecular formula is C24H16ClFN8. The number of imidazole rings is 1. The van der Waals surface area contributed by atoms with Crippen molar-refractivity contribution >= 4 is 39.4 Å². The average Bonchev–Trinajstić information content (AvgIpc) is 3.48. The summed E-state index contributed by atoms with van der Waals surface area (Å²) in [6.45, 7) is 1.91. The molecule has 0 aliphatic rings. The molecule has 0 amide bonds. The summed E-state index contributed by atoms with van der Waals surface area (Å²) in [7, 11) is 0. The molecule has 0 radical (unpaired) electrons. The maximum atomic E-state index is 15.0. The van der Waals surface area contributed by atoms with Crippen molar-refractivity contribution in [2.24, 2.45) is 0 Å². The summed E-state index contributed by atoms with van der Waals surface area (Å²) in [5, 5.41) is 9.50. The van der Waals surface area contributed by atoms with Crippen LogP contribution in [0.15, 0.2) is 61.2 Å². The number of nitrogens with zero attached hydrogens (tertiary/aromatic N) is 6. The standard InChI is InChI=1S/C24H16ClFN8/c1-12-32-22-16(24-30-11-31-33-24)9-13(14-5-7-29-23(27)20(14)26)10-19(22)34(12)18-6-8-28-21-15(18)3-2-4-17(21)25/h2-11H,1H3,(H2,27,29)(H,30,31,33). The van der Waals surface area contributed by atoms with E-state index in [2.05, 4.69) is 25.1 Å². The summed E-state index contributed by atoms with van der Waals surface area (Å²) >= 11 is 6.41. The maximum Gasteiger partial charge on any atom is 0.173 e. The summed E-state index contributed by atoms with van der Waals surface area (Å²) in [5.74, 6) is 0.490. The number of aromatic amines is 1. The van der Waals surface area contributed by atoms with Gasteiger partial charge in [-0.25, -0.2) is 14.4 Å². The van der Waals surface area contributed by atoms with Gasteiger partial charge in [0.15, 0.2) is 17.5 Å². The topological polar surface area (TPSA) is 111 Å². The molecule has 0 bridgehead atoms. The number of halogens is 2. The molecular weight excluding hydrogens is 455 g/mol. The lowest BCUT2D eigenvalue weighted by molar-refractivity contribution is 0.631. The monoisotopic (exact) mass is 470 g/mol. The number of para-hydroxylation sites is 1. The summed E-state index contributed by atoms with van der Waals surface area (Å²) in [6, 6.07) is 12.8. The molecule has 0 fully saturated rings. The van der Waals surface area contributed by atoms with Crippen molar-refractivity contribution < 1.29 is 4.39 Å². The lowest BCUT2D eigenvalue weighted by Gasteiger charge is -2.13. The van der Waals surface area contributed by atoms with Crippen molar-refractivity contribution in [3.63, 3.8) is 0 Å². The zero-order chi connectivity index (χ0) is 23.4. The van der Waals surface area contributed by atoms with Gasteiger partial charge in [0, 0.05) is 28.9 Å². The Labute approximate surface area is 197 Å². The van der Waals surface area contributed by atoms with Gasteiger partial charge < -0.3 is 10.7 Å². The summed E-state index contributed by atoms with van der Waals surface area (Å²) in [6.07, 6.45) is 4.67. The van der Waals surface area contributed by atoms with Gasteiger partial charge in [-0.15, -0.1) is 10.2 Å². The third kappa shape index (κ3) is 3.01. The van der Waals surface area contributed by atoms with Crippen molar-refractivity contribution in [1.82, 2.24) is 34.7 Å². The van der Waals surface area contributed by atoms with Crippen molar-refractivity contribution in [2.75, 3.05) is 5.73 Å². The summed E-state index contributed by atoms with van der Waals surface area (Å²) < 4.78 is 17.0. The molecule has 10 heteroatoms. The first-order chi connectivity index (χ1) is 16.5. The Kier molecular flexibility index (Phi) is 4.53. The number of aromatic nitrogens is 7. The Morgan fingerprint density at radius 3 is 2.71 bits per heavy atom. The van der Waals surface area contributed by atoms with E-state index in [9.17, 15) is 4.39 Å². The van der Waals surface area contributed by atoms with Crippen LogP contribution in [0.5, 0.6) is 0 Å².